The first-order valence-electron chi connectivity index (χ1n) is 4.24. The van der Waals surface area contributed by atoms with Crippen molar-refractivity contribution in [2.45, 2.75) is 23.6 Å². The second-order valence-corrected chi connectivity index (χ2v) is 7.38. The van der Waals surface area contributed by atoms with Crippen molar-refractivity contribution in [3.63, 3.8) is 0 Å². The van der Waals surface area contributed by atoms with Gasteiger partial charge in [-0.15, -0.1) is 23.2 Å². The lowest BCUT2D eigenvalue weighted by Gasteiger charge is -2.12. The summed E-state index contributed by atoms with van der Waals surface area (Å²) in [6.45, 7) is -0.0369. The van der Waals surface area contributed by atoms with Crippen molar-refractivity contribution in [3.8, 4) is 0 Å². The molecular formula is C7H11Cl2F3O2Si. The monoisotopic (exact) mass is 282 g/mol. The number of carbonyl (C=O) groups is 1. The highest BCUT2D eigenvalue weighted by atomic mass is 35.5. The number of carbonyl (C=O) groups excluding carboxylic acids is 1. The molecule has 15 heavy (non-hydrogen) atoms. The lowest BCUT2D eigenvalue weighted by atomic mass is 10.2. The Hall–Kier alpha value is 0.0569. The first-order valence-corrected chi connectivity index (χ1v) is 6.93. The summed E-state index contributed by atoms with van der Waals surface area (Å²) in [7, 11) is -0.847. The average molecular weight is 283 g/mol. The Balaban J connectivity index is 3.80. The number of ether oxygens (including phenoxy) is 1. The molecule has 0 fully saturated rings. The van der Waals surface area contributed by atoms with Gasteiger partial charge < -0.3 is 4.74 Å². The van der Waals surface area contributed by atoms with E-state index in [1.165, 1.54) is 6.92 Å². The molecule has 0 aliphatic heterocycles. The molecule has 0 bridgehead atoms. The molecule has 8 heteroatoms. The maximum atomic E-state index is 11.7. The van der Waals surface area contributed by atoms with Crippen LogP contribution in [0, 0.1) is 5.92 Å². The topological polar surface area (TPSA) is 26.3 Å². The normalized spacial score (nSPS) is 14.9. The Bertz CT molecular complexity index is 211. The highest BCUT2D eigenvalue weighted by molar-refractivity contribution is 6.68. The van der Waals surface area contributed by atoms with Gasteiger partial charge in [0.25, 0.3) is 0 Å². The van der Waals surface area contributed by atoms with E-state index >= 15 is 0 Å². The fourth-order valence-corrected chi connectivity index (χ4v) is 2.53. The van der Waals surface area contributed by atoms with Crippen molar-refractivity contribution in [2.75, 3.05) is 6.61 Å². The van der Waals surface area contributed by atoms with Crippen LogP contribution in [0.1, 0.15) is 6.92 Å². The van der Waals surface area contributed by atoms with E-state index < -0.39 is 38.6 Å². The summed E-state index contributed by atoms with van der Waals surface area (Å²) in [5, 5.41) is 0. The van der Waals surface area contributed by atoms with Crippen LogP contribution in [0.3, 0.4) is 0 Å². The standard InChI is InChI=1S/C7H11Cl2F3O2Si/c1-4(2-15-6(8)9)5(13)14-3-7(10,11)12/h4,6H,2-3,15H2,1H3. The molecule has 0 N–H and O–H groups in total. The molecule has 2 nitrogen and oxygen atoms in total. The van der Waals surface area contributed by atoms with Gasteiger partial charge in [-0.3, -0.25) is 4.79 Å². The minimum absolute atomic E-state index is 0.439. The quantitative estimate of drug-likeness (QED) is 0.438. The van der Waals surface area contributed by atoms with Crippen LogP contribution in [0.4, 0.5) is 13.2 Å². The zero-order chi connectivity index (χ0) is 12.1. The van der Waals surface area contributed by atoms with Crippen LogP contribution in [0.2, 0.25) is 6.04 Å². The van der Waals surface area contributed by atoms with E-state index in [2.05, 4.69) is 4.74 Å². The van der Waals surface area contributed by atoms with Crippen LogP contribution in [0.25, 0.3) is 0 Å². The molecule has 0 aliphatic carbocycles. The third-order valence-corrected chi connectivity index (χ3v) is 4.54. The molecule has 0 saturated heterocycles. The van der Waals surface area contributed by atoms with Gasteiger partial charge in [-0.2, -0.15) is 13.2 Å². The Morgan fingerprint density at radius 1 is 1.47 bits per heavy atom. The molecule has 0 heterocycles. The third kappa shape index (κ3) is 9.01. The summed E-state index contributed by atoms with van der Waals surface area (Å²) in [5.41, 5.74) is 0. The maximum Gasteiger partial charge on any atom is 0.422 e. The molecule has 90 valence electrons. The van der Waals surface area contributed by atoms with Gasteiger partial charge in [-0.25, -0.2) is 0 Å². The van der Waals surface area contributed by atoms with Crippen molar-refractivity contribution in [1.29, 1.82) is 0 Å². The van der Waals surface area contributed by atoms with Gasteiger partial charge in [0.1, 0.15) is 0 Å². The van der Waals surface area contributed by atoms with E-state index in [9.17, 15) is 18.0 Å². The number of alkyl halides is 5. The van der Waals surface area contributed by atoms with E-state index in [4.69, 9.17) is 23.2 Å². The predicted molar refractivity (Wildman–Crippen MR) is 55.0 cm³/mol. The highest BCUT2D eigenvalue weighted by Crippen LogP contribution is 2.16. The third-order valence-electron chi connectivity index (χ3n) is 1.60. The molecule has 0 rings (SSSR count). The summed E-state index contributed by atoms with van der Waals surface area (Å²) in [5.74, 6) is -1.42. The van der Waals surface area contributed by atoms with E-state index in [-0.39, 0.29) is 0 Å². The Labute approximate surface area is 97.9 Å². The largest absolute Gasteiger partial charge is 0.456 e. The van der Waals surface area contributed by atoms with Crippen LogP contribution >= 0.6 is 23.2 Å². The van der Waals surface area contributed by atoms with Gasteiger partial charge in [-0.05, 0) is 6.04 Å². The van der Waals surface area contributed by atoms with Crippen molar-refractivity contribution >= 4 is 38.7 Å². The lowest BCUT2D eigenvalue weighted by Crippen LogP contribution is -2.24. The van der Waals surface area contributed by atoms with Gasteiger partial charge in [0.2, 0.25) is 0 Å². The van der Waals surface area contributed by atoms with E-state index in [0.717, 1.165) is 0 Å². The summed E-state index contributed by atoms with van der Waals surface area (Å²) in [4.78, 5) is 11.0. The Morgan fingerprint density at radius 3 is 2.40 bits per heavy atom. The van der Waals surface area contributed by atoms with Gasteiger partial charge in [0.05, 0.1) is 19.9 Å². The van der Waals surface area contributed by atoms with E-state index in [0.29, 0.717) is 6.04 Å². The first kappa shape index (κ1) is 15.1. The van der Waals surface area contributed by atoms with Gasteiger partial charge in [-0.1, -0.05) is 6.92 Å². The fourth-order valence-electron chi connectivity index (χ4n) is 0.789. The van der Waals surface area contributed by atoms with Crippen LogP contribution < -0.4 is 0 Å². The van der Waals surface area contributed by atoms with Crippen molar-refractivity contribution < 1.29 is 22.7 Å². The van der Waals surface area contributed by atoms with Gasteiger partial charge in [0, 0.05) is 0 Å². The highest BCUT2D eigenvalue weighted by Gasteiger charge is 2.30. The number of hydrogen-bond donors (Lipinski definition) is 0. The molecule has 0 aromatic rings. The SMILES string of the molecule is CC(C[SiH2]C(Cl)Cl)C(=O)OCC(F)(F)F. The molecular weight excluding hydrogens is 272 g/mol. The lowest BCUT2D eigenvalue weighted by molar-refractivity contribution is -0.188. The molecule has 0 radical (unpaired) electrons. The van der Waals surface area contributed by atoms with Crippen LogP contribution in [-0.4, -0.2) is 32.7 Å². The maximum absolute atomic E-state index is 11.7. The fraction of sp³-hybridized carbons (Fsp3) is 0.857. The molecule has 0 amide bonds. The minimum Gasteiger partial charge on any atom is -0.456 e. The van der Waals surface area contributed by atoms with Crippen molar-refractivity contribution in [1.82, 2.24) is 0 Å². The van der Waals surface area contributed by atoms with Crippen LogP contribution in [0.15, 0.2) is 0 Å². The summed E-state index contributed by atoms with van der Waals surface area (Å²) >= 11 is 10.9. The molecule has 0 aliphatic rings. The van der Waals surface area contributed by atoms with E-state index in [1.54, 1.807) is 0 Å². The zero-order valence-electron chi connectivity index (χ0n) is 7.98. The number of hydrogen-bond acceptors (Lipinski definition) is 2. The smallest absolute Gasteiger partial charge is 0.422 e. The number of rotatable bonds is 5. The minimum atomic E-state index is -4.48. The molecule has 1 atom stereocenters. The van der Waals surface area contributed by atoms with E-state index in [1.807, 2.05) is 0 Å². The number of esters is 1. The molecule has 0 saturated carbocycles. The second-order valence-electron chi connectivity index (χ2n) is 3.09. The van der Waals surface area contributed by atoms with Gasteiger partial charge >= 0.3 is 12.1 Å². The zero-order valence-corrected chi connectivity index (χ0v) is 10.9. The van der Waals surface area contributed by atoms with Crippen LogP contribution in [-0.2, 0) is 9.53 Å². The summed E-state index contributed by atoms with van der Waals surface area (Å²) in [6, 6.07) is 0.439. The summed E-state index contributed by atoms with van der Waals surface area (Å²) in [6.07, 6.45) is -4.48. The van der Waals surface area contributed by atoms with Crippen molar-refractivity contribution in [3.05, 3.63) is 0 Å². The molecule has 0 aromatic heterocycles. The van der Waals surface area contributed by atoms with Gasteiger partial charge in [0.15, 0.2) is 6.61 Å². The van der Waals surface area contributed by atoms with Crippen molar-refractivity contribution in [2.24, 2.45) is 5.92 Å². The Morgan fingerprint density at radius 2 is 2.00 bits per heavy atom. The Kier molecular flexibility index (Phi) is 6.62. The molecule has 1 unspecified atom stereocenters. The summed E-state index contributed by atoms with van der Waals surface area (Å²) < 4.78 is 38.6. The second kappa shape index (κ2) is 6.60. The van der Waals surface area contributed by atoms with Crippen LogP contribution in [0.5, 0.6) is 0 Å². The predicted octanol–water partition coefficient (Wildman–Crippen LogP) is 2.08. The first-order chi connectivity index (χ1) is 6.72. The molecule has 0 spiro atoms. The number of halogens is 5. The molecule has 0 aromatic carbocycles. The average Bonchev–Trinajstić information content (AvgIpc) is 2.08.